The number of fused-ring (bicyclic) bond motifs is 1. The molecule has 1 atom stereocenters. The van der Waals surface area contributed by atoms with Crippen LogP contribution < -0.4 is 5.32 Å². The minimum atomic E-state index is 0.471. The van der Waals surface area contributed by atoms with Crippen LogP contribution >= 0.6 is 0 Å². The van der Waals surface area contributed by atoms with Gasteiger partial charge in [-0.05, 0) is 24.9 Å². The second kappa shape index (κ2) is 3.37. The predicted octanol–water partition coefficient (Wildman–Crippen LogP) is 0.490. The zero-order valence-corrected chi connectivity index (χ0v) is 8.20. The van der Waals surface area contributed by atoms with Crippen molar-refractivity contribution in [1.29, 1.82) is 0 Å². The second-order valence-electron chi connectivity index (χ2n) is 4.01. The number of hydrogen-bond donors (Lipinski definition) is 1. The van der Waals surface area contributed by atoms with Gasteiger partial charge in [0.05, 0.1) is 24.5 Å². The van der Waals surface area contributed by atoms with Gasteiger partial charge in [0.25, 0.3) is 0 Å². The highest BCUT2D eigenvalue weighted by molar-refractivity contribution is 5.21. The Kier molecular flexibility index (Phi) is 2.03. The Hall–Kier alpha value is -0.870. The maximum absolute atomic E-state index is 5.39. The summed E-state index contributed by atoms with van der Waals surface area (Å²) in [5.74, 6) is 0. The molecule has 2 aliphatic heterocycles. The summed E-state index contributed by atoms with van der Waals surface area (Å²) in [6.07, 6.45) is 4.24. The first-order valence-electron chi connectivity index (χ1n) is 5.29. The molecule has 0 saturated carbocycles. The summed E-state index contributed by atoms with van der Waals surface area (Å²) in [4.78, 5) is 0. The first-order chi connectivity index (χ1) is 6.95. The molecule has 2 aliphatic rings. The van der Waals surface area contributed by atoms with Crippen LogP contribution in [0.15, 0.2) is 6.20 Å². The van der Waals surface area contributed by atoms with Gasteiger partial charge in [-0.1, -0.05) is 0 Å². The van der Waals surface area contributed by atoms with E-state index < -0.39 is 0 Å². The van der Waals surface area contributed by atoms with Crippen LogP contribution in [-0.2, 0) is 17.7 Å². The highest BCUT2D eigenvalue weighted by Crippen LogP contribution is 2.23. The van der Waals surface area contributed by atoms with Crippen LogP contribution in [0.1, 0.15) is 23.7 Å². The summed E-state index contributed by atoms with van der Waals surface area (Å²) < 4.78 is 7.55. The lowest BCUT2D eigenvalue weighted by Crippen LogP contribution is -2.26. The maximum Gasteiger partial charge on any atom is 0.0778 e. The van der Waals surface area contributed by atoms with Crippen molar-refractivity contribution in [3.05, 3.63) is 17.5 Å². The molecule has 76 valence electrons. The summed E-state index contributed by atoms with van der Waals surface area (Å²) in [7, 11) is 0. The molecule has 1 fully saturated rings. The average Bonchev–Trinajstić information content (AvgIpc) is 2.85. The van der Waals surface area contributed by atoms with E-state index >= 15 is 0 Å². The number of hydrogen-bond acceptors (Lipinski definition) is 3. The Morgan fingerprint density at radius 1 is 1.57 bits per heavy atom. The Morgan fingerprint density at radius 3 is 3.43 bits per heavy atom. The fraction of sp³-hybridized carbons (Fsp3) is 0.700. The fourth-order valence-electron chi connectivity index (χ4n) is 2.29. The first kappa shape index (κ1) is 8.44. The number of nitrogens with one attached hydrogen (secondary N) is 1. The molecule has 14 heavy (non-hydrogen) atoms. The molecule has 4 nitrogen and oxygen atoms in total. The molecule has 0 aromatic carbocycles. The van der Waals surface area contributed by atoms with Gasteiger partial charge in [0.1, 0.15) is 0 Å². The summed E-state index contributed by atoms with van der Waals surface area (Å²) in [5, 5.41) is 7.87. The molecular formula is C10H15N3O. The van der Waals surface area contributed by atoms with E-state index in [1.807, 2.05) is 6.20 Å². The lowest BCUT2D eigenvalue weighted by Gasteiger charge is -2.18. The van der Waals surface area contributed by atoms with Crippen LogP contribution in [0, 0.1) is 0 Å². The van der Waals surface area contributed by atoms with Crippen LogP contribution in [-0.4, -0.2) is 29.5 Å². The number of ether oxygens (including phenoxy) is 1. The molecule has 0 amide bonds. The van der Waals surface area contributed by atoms with Crippen molar-refractivity contribution in [2.75, 3.05) is 19.8 Å². The van der Waals surface area contributed by atoms with E-state index in [2.05, 4.69) is 15.1 Å². The summed E-state index contributed by atoms with van der Waals surface area (Å²) >= 11 is 0. The molecule has 1 saturated heterocycles. The van der Waals surface area contributed by atoms with Crippen molar-refractivity contribution in [2.24, 2.45) is 0 Å². The van der Waals surface area contributed by atoms with E-state index in [0.717, 1.165) is 39.1 Å². The molecule has 0 spiro atoms. The molecule has 0 radical (unpaired) electrons. The zero-order valence-electron chi connectivity index (χ0n) is 8.20. The molecule has 1 aromatic rings. The number of nitrogens with zero attached hydrogens (tertiary/aromatic N) is 2. The predicted molar refractivity (Wildman–Crippen MR) is 52.1 cm³/mol. The van der Waals surface area contributed by atoms with Crippen molar-refractivity contribution < 1.29 is 4.74 Å². The molecule has 1 N–H and O–H groups in total. The average molecular weight is 193 g/mol. The lowest BCUT2D eigenvalue weighted by atomic mass is 10.1. The number of rotatable bonds is 1. The van der Waals surface area contributed by atoms with Crippen LogP contribution in [0.3, 0.4) is 0 Å². The van der Waals surface area contributed by atoms with Crippen LogP contribution in [0.2, 0.25) is 0 Å². The van der Waals surface area contributed by atoms with Gasteiger partial charge in [0.15, 0.2) is 0 Å². The topological polar surface area (TPSA) is 39.1 Å². The van der Waals surface area contributed by atoms with E-state index in [9.17, 15) is 0 Å². The number of aromatic nitrogens is 2. The van der Waals surface area contributed by atoms with E-state index in [1.54, 1.807) is 0 Å². The third-order valence-electron chi connectivity index (χ3n) is 3.10. The Morgan fingerprint density at radius 2 is 2.57 bits per heavy atom. The van der Waals surface area contributed by atoms with Crippen molar-refractivity contribution in [1.82, 2.24) is 15.1 Å². The van der Waals surface area contributed by atoms with Gasteiger partial charge >= 0.3 is 0 Å². The Labute approximate surface area is 83.2 Å². The summed E-state index contributed by atoms with van der Waals surface area (Å²) in [5.41, 5.74) is 2.78. The van der Waals surface area contributed by atoms with Gasteiger partial charge in [-0.15, -0.1) is 0 Å². The smallest absolute Gasteiger partial charge is 0.0778 e. The highest BCUT2D eigenvalue weighted by atomic mass is 16.5. The van der Waals surface area contributed by atoms with Crippen molar-refractivity contribution in [3.63, 3.8) is 0 Å². The summed E-state index contributed by atoms with van der Waals surface area (Å²) in [6.45, 7) is 3.76. The molecule has 1 unspecified atom stereocenters. The second-order valence-corrected chi connectivity index (χ2v) is 4.01. The molecule has 3 heterocycles. The SMILES string of the molecule is c1nn(C2CCOC2)c2c1CCNC2. The third kappa shape index (κ3) is 1.26. The van der Waals surface area contributed by atoms with Crippen LogP contribution in [0.5, 0.6) is 0 Å². The zero-order chi connectivity index (χ0) is 9.38. The van der Waals surface area contributed by atoms with Crippen molar-refractivity contribution in [3.8, 4) is 0 Å². The van der Waals surface area contributed by atoms with Gasteiger partial charge in [-0.2, -0.15) is 5.10 Å². The lowest BCUT2D eigenvalue weighted by molar-refractivity contribution is 0.183. The molecule has 1 aromatic heterocycles. The summed E-state index contributed by atoms with van der Waals surface area (Å²) in [6, 6.07) is 0.471. The quantitative estimate of drug-likeness (QED) is 0.705. The third-order valence-corrected chi connectivity index (χ3v) is 3.10. The van der Waals surface area contributed by atoms with Crippen molar-refractivity contribution in [2.45, 2.75) is 25.4 Å². The minimum absolute atomic E-state index is 0.471. The van der Waals surface area contributed by atoms with E-state index in [-0.39, 0.29) is 0 Å². The van der Waals surface area contributed by atoms with Crippen molar-refractivity contribution >= 4 is 0 Å². The van der Waals surface area contributed by atoms with Gasteiger partial charge in [-0.3, -0.25) is 4.68 Å². The maximum atomic E-state index is 5.39. The Bertz CT molecular complexity index is 328. The van der Waals surface area contributed by atoms with E-state index in [1.165, 1.54) is 11.3 Å². The van der Waals surface area contributed by atoms with Crippen LogP contribution in [0.25, 0.3) is 0 Å². The monoisotopic (exact) mass is 193 g/mol. The van der Waals surface area contributed by atoms with Gasteiger partial charge < -0.3 is 10.1 Å². The van der Waals surface area contributed by atoms with E-state index in [0.29, 0.717) is 6.04 Å². The molecule has 0 bridgehead atoms. The Balaban J connectivity index is 1.93. The van der Waals surface area contributed by atoms with Gasteiger partial charge in [0.2, 0.25) is 0 Å². The largest absolute Gasteiger partial charge is 0.379 e. The molecule has 0 aliphatic carbocycles. The fourth-order valence-corrected chi connectivity index (χ4v) is 2.29. The standard InChI is InChI=1S/C10H15N3O/c1-3-11-6-10-8(1)5-12-13(10)9-2-4-14-7-9/h5,9,11H,1-4,6-7H2. The molecule has 3 rings (SSSR count). The van der Waals surface area contributed by atoms with Crippen LogP contribution in [0.4, 0.5) is 0 Å². The highest BCUT2D eigenvalue weighted by Gasteiger charge is 2.23. The molecular weight excluding hydrogens is 178 g/mol. The van der Waals surface area contributed by atoms with E-state index in [4.69, 9.17) is 4.74 Å². The van der Waals surface area contributed by atoms with Gasteiger partial charge in [0, 0.05) is 13.2 Å². The molecule has 4 heteroatoms. The normalized spacial score (nSPS) is 26.4. The minimum Gasteiger partial charge on any atom is -0.379 e. The van der Waals surface area contributed by atoms with Gasteiger partial charge in [-0.25, -0.2) is 0 Å². The first-order valence-corrected chi connectivity index (χ1v) is 5.29.